The molecule has 4 nitrogen and oxygen atoms in total. The van der Waals surface area contributed by atoms with Crippen LogP contribution in [0.4, 0.5) is 0 Å². The average Bonchev–Trinajstić information content (AvgIpc) is 2.49. The van der Waals surface area contributed by atoms with Crippen LogP contribution in [-0.2, 0) is 0 Å². The lowest BCUT2D eigenvalue weighted by molar-refractivity contribution is -0.680. The molecule has 65 valence electrons. The van der Waals surface area contributed by atoms with Crippen LogP contribution in [0, 0.1) is 0 Å². The van der Waals surface area contributed by atoms with Crippen molar-refractivity contribution in [3.05, 3.63) is 24.0 Å². The van der Waals surface area contributed by atoms with Gasteiger partial charge in [-0.05, 0) is 12.0 Å². The molecular formula is C8H9BN2O2+. The molecule has 1 aliphatic heterocycles. The minimum absolute atomic E-state index is 0.294. The fourth-order valence-electron chi connectivity index (χ4n) is 1.32. The molecule has 1 N–H and O–H groups in total. The number of hydrogen-bond acceptors (Lipinski definition) is 3. The zero-order valence-corrected chi connectivity index (χ0v) is 7.21. The number of rotatable bonds is 2. The summed E-state index contributed by atoms with van der Waals surface area (Å²) < 4.78 is 6.63. The number of nitrogens with zero attached hydrogens (tertiary/aromatic N) is 2. The Kier molecular flexibility index (Phi) is 2.02. The Bertz CT molecular complexity index is 354. The second-order valence-electron chi connectivity index (χ2n) is 2.91. The summed E-state index contributed by atoms with van der Waals surface area (Å²) in [6.45, 7) is 2.05. The number of fused-ring (bicyclic) bond motifs is 1. The van der Waals surface area contributed by atoms with E-state index in [0.29, 0.717) is 19.4 Å². The van der Waals surface area contributed by atoms with Crippen LogP contribution in [0.15, 0.2) is 23.4 Å². The predicted octanol–water partition coefficient (Wildman–Crippen LogP) is -0.170. The molecule has 1 aromatic rings. The van der Waals surface area contributed by atoms with Crippen molar-refractivity contribution in [2.45, 2.75) is 12.8 Å². The van der Waals surface area contributed by atoms with Crippen molar-refractivity contribution in [2.75, 3.05) is 0 Å². The van der Waals surface area contributed by atoms with Gasteiger partial charge in [0.2, 0.25) is 11.9 Å². The minimum Gasteiger partial charge on any atom is -0.537 e. The second-order valence-corrected chi connectivity index (χ2v) is 2.91. The van der Waals surface area contributed by atoms with E-state index in [1.807, 2.05) is 12.3 Å². The van der Waals surface area contributed by atoms with Gasteiger partial charge >= 0.3 is 7.69 Å². The van der Waals surface area contributed by atoms with Crippen LogP contribution >= 0.6 is 0 Å². The lowest BCUT2D eigenvalue weighted by Gasteiger charge is -2.00. The largest absolute Gasteiger partial charge is 0.569 e. The van der Waals surface area contributed by atoms with E-state index in [0.717, 1.165) is 5.69 Å². The Morgan fingerprint density at radius 1 is 1.69 bits per heavy atom. The second kappa shape index (κ2) is 3.18. The maximum atomic E-state index is 8.45. The molecule has 0 saturated heterocycles. The van der Waals surface area contributed by atoms with Crippen molar-refractivity contribution >= 4 is 13.9 Å². The molecule has 1 aromatic heterocycles. The summed E-state index contributed by atoms with van der Waals surface area (Å²) in [6, 6.07) is 3.59. The molecule has 0 saturated carbocycles. The fraction of sp³-hybridized carbons (Fsp3) is 0.250. The molecule has 0 bridgehead atoms. The molecular weight excluding hydrogens is 167 g/mol. The number of hydrogen-bond donors (Lipinski definition) is 1. The summed E-state index contributed by atoms with van der Waals surface area (Å²) >= 11 is 0. The van der Waals surface area contributed by atoms with Crippen molar-refractivity contribution in [1.29, 1.82) is 0 Å². The lowest BCUT2D eigenvalue weighted by atomic mass is 10.1. The SMILES string of the molecule is CC1C=N[n+]2ccc(O[B]O)cc21. The summed E-state index contributed by atoms with van der Waals surface area (Å²) in [7, 11) is 0.673. The smallest absolute Gasteiger partial charge is 0.537 e. The first kappa shape index (κ1) is 8.25. The molecule has 1 unspecified atom stereocenters. The first-order valence-corrected chi connectivity index (χ1v) is 4.04. The highest BCUT2D eigenvalue weighted by Crippen LogP contribution is 2.18. The van der Waals surface area contributed by atoms with Gasteiger partial charge in [0.15, 0.2) is 0 Å². The summed E-state index contributed by atoms with van der Waals surface area (Å²) in [5.74, 6) is 0.911. The van der Waals surface area contributed by atoms with E-state index < -0.39 is 0 Å². The zero-order valence-electron chi connectivity index (χ0n) is 7.21. The molecule has 0 amide bonds. The molecule has 0 aliphatic carbocycles. The van der Waals surface area contributed by atoms with Gasteiger partial charge in [0.25, 0.3) is 0 Å². The normalized spacial score (nSPS) is 18.5. The van der Waals surface area contributed by atoms with Crippen molar-refractivity contribution in [3.8, 4) is 5.75 Å². The molecule has 1 atom stereocenters. The van der Waals surface area contributed by atoms with E-state index in [-0.39, 0.29) is 0 Å². The molecule has 1 aliphatic rings. The summed E-state index contributed by atoms with van der Waals surface area (Å²) in [4.78, 5) is 0. The molecule has 2 rings (SSSR count). The van der Waals surface area contributed by atoms with Gasteiger partial charge in [-0.3, -0.25) is 0 Å². The van der Waals surface area contributed by atoms with Gasteiger partial charge in [0.1, 0.15) is 5.75 Å². The van der Waals surface area contributed by atoms with E-state index in [4.69, 9.17) is 9.68 Å². The third-order valence-corrected chi connectivity index (χ3v) is 2.00. The van der Waals surface area contributed by atoms with Crippen LogP contribution in [-0.4, -0.2) is 18.9 Å². The fourth-order valence-corrected chi connectivity index (χ4v) is 1.32. The topological polar surface area (TPSA) is 45.7 Å². The standard InChI is InChI=1S/C8H9BN2O2/c1-6-5-10-11-3-2-7(13-9-12)4-8(6)11/h2-6,12H,1H3/q+1. The van der Waals surface area contributed by atoms with Crippen LogP contribution in [0.1, 0.15) is 18.5 Å². The Morgan fingerprint density at radius 3 is 3.31 bits per heavy atom. The molecule has 5 heteroatoms. The highest BCUT2D eigenvalue weighted by molar-refractivity contribution is 6.17. The molecule has 1 radical (unpaired) electrons. The first-order chi connectivity index (χ1) is 6.31. The monoisotopic (exact) mass is 176 g/mol. The molecule has 13 heavy (non-hydrogen) atoms. The van der Waals surface area contributed by atoms with E-state index in [1.165, 1.54) is 0 Å². The predicted molar refractivity (Wildman–Crippen MR) is 47.5 cm³/mol. The Morgan fingerprint density at radius 2 is 2.54 bits per heavy atom. The van der Waals surface area contributed by atoms with Crippen LogP contribution in [0.25, 0.3) is 0 Å². The van der Waals surface area contributed by atoms with Crippen LogP contribution in [0.5, 0.6) is 5.75 Å². The summed E-state index contributed by atoms with van der Waals surface area (Å²) in [6.07, 6.45) is 3.66. The van der Waals surface area contributed by atoms with Crippen molar-refractivity contribution < 1.29 is 14.4 Å². The van der Waals surface area contributed by atoms with Crippen LogP contribution < -0.4 is 9.33 Å². The van der Waals surface area contributed by atoms with Crippen LogP contribution in [0.2, 0.25) is 0 Å². The maximum absolute atomic E-state index is 8.45. The third kappa shape index (κ3) is 1.42. The van der Waals surface area contributed by atoms with E-state index >= 15 is 0 Å². The Balaban J connectivity index is 2.34. The Hall–Kier alpha value is -1.36. The average molecular weight is 176 g/mol. The quantitative estimate of drug-likeness (QED) is 0.502. The molecule has 0 aromatic carbocycles. The van der Waals surface area contributed by atoms with Gasteiger partial charge in [-0.1, -0.05) is 4.68 Å². The number of aromatic nitrogens is 1. The van der Waals surface area contributed by atoms with Gasteiger partial charge in [-0.15, -0.1) is 0 Å². The van der Waals surface area contributed by atoms with Gasteiger partial charge in [-0.2, -0.15) is 0 Å². The van der Waals surface area contributed by atoms with Gasteiger partial charge < -0.3 is 9.68 Å². The zero-order chi connectivity index (χ0) is 9.26. The highest BCUT2D eigenvalue weighted by Gasteiger charge is 2.23. The van der Waals surface area contributed by atoms with Gasteiger partial charge in [-0.25, -0.2) is 0 Å². The Labute approximate surface area is 76.8 Å². The molecule has 0 spiro atoms. The number of pyridine rings is 1. The van der Waals surface area contributed by atoms with Crippen molar-refractivity contribution in [2.24, 2.45) is 5.10 Å². The lowest BCUT2D eigenvalue weighted by Crippen LogP contribution is -2.28. The summed E-state index contributed by atoms with van der Waals surface area (Å²) in [5, 5.41) is 12.6. The molecule has 0 fully saturated rings. The van der Waals surface area contributed by atoms with Crippen molar-refractivity contribution in [1.82, 2.24) is 0 Å². The van der Waals surface area contributed by atoms with Crippen molar-refractivity contribution in [3.63, 3.8) is 0 Å². The highest BCUT2D eigenvalue weighted by atomic mass is 16.5. The van der Waals surface area contributed by atoms with E-state index in [1.54, 1.807) is 16.9 Å². The van der Waals surface area contributed by atoms with Crippen LogP contribution in [0.3, 0.4) is 0 Å². The van der Waals surface area contributed by atoms with E-state index in [2.05, 4.69) is 12.0 Å². The van der Waals surface area contributed by atoms with Gasteiger partial charge in [0.05, 0.1) is 12.1 Å². The minimum atomic E-state index is 0.294. The maximum Gasteiger partial charge on any atom is 0.569 e. The van der Waals surface area contributed by atoms with Gasteiger partial charge in [0, 0.05) is 12.1 Å². The van der Waals surface area contributed by atoms with E-state index in [9.17, 15) is 0 Å². The summed E-state index contributed by atoms with van der Waals surface area (Å²) in [5.41, 5.74) is 1.05. The third-order valence-electron chi connectivity index (χ3n) is 2.00. The first-order valence-electron chi connectivity index (χ1n) is 4.04. The molecule has 2 heterocycles.